The van der Waals surface area contributed by atoms with Gasteiger partial charge in [-0.2, -0.15) is 0 Å². The monoisotopic (exact) mass is 385 g/mol. The Balaban J connectivity index is 1.73. The van der Waals surface area contributed by atoms with Crippen LogP contribution in [0.1, 0.15) is 61.6 Å². The first kappa shape index (κ1) is 20.2. The maximum Gasteiger partial charge on any atom is 0.407 e. The van der Waals surface area contributed by atoms with Crippen molar-refractivity contribution in [1.29, 1.82) is 0 Å². The lowest BCUT2D eigenvalue weighted by molar-refractivity contribution is 0.0461. The van der Waals surface area contributed by atoms with Crippen molar-refractivity contribution in [2.24, 2.45) is 0 Å². The standard InChI is InChI=1S/C22H31N3O3/c1-14-10-15(2)17-12-19(24-18(17)11-14)20(26)25-9-7-6-8-16(25)13-23-21(27)28-22(3,4)5/h10-12,16,24H,6-9,13H2,1-5H3,(H,23,27). The van der Waals surface area contributed by atoms with Gasteiger partial charge < -0.3 is 19.9 Å². The zero-order chi connectivity index (χ0) is 20.5. The number of nitrogens with zero attached hydrogens (tertiary/aromatic N) is 1. The molecular formula is C22H31N3O3. The highest BCUT2D eigenvalue weighted by Crippen LogP contribution is 2.24. The Morgan fingerprint density at radius 3 is 2.68 bits per heavy atom. The Morgan fingerprint density at radius 1 is 1.21 bits per heavy atom. The smallest absolute Gasteiger partial charge is 0.407 e. The highest BCUT2D eigenvalue weighted by Gasteiger charge is 2.29. The van der Waals surface area contributed by atoms with E-state index < -0.39 is 11.7 Å². The summed E-state index contributed by atoms with van der Waals surface area (Å²) in [5.41, 5.74) is 3.39. The van der Waals surface area contributed by atoms with Crippen LogP contribution < -0.4 is 5.32 Å². The molecule has 2 heterocycles. The van der Waals surface area contributed by atoms with Crippen LogP contribution in [0.4, 0.5) is 4.79 Å². The number of piperidine rings is 1. The fourth-order valence-electron chi connectivity index (χ4n) is 3.86. The molecule has 6 heteroatoms. The van der Waals surface area contributed by atoms with E-state index in [2.05, 4.69) is 36.3 Å². The molecule has 0 spiro atoms. The second-order valence-electron chi connectivity index (χ2n) is 8.76. The Labute approximate surface area is 166 Å². The molecule has 2 N–H and O–H groups in total. The first-order valence-electron chi connectivity index (χ1n) is 10.0. The Morgan fingerprint density at radius 2 is 1.96 bits per heavy atom. The minimum atomic E-state index is -0.535. The number of aryl methyl sites for hydroxylation is 2. The molecule has 2 amide bonds. The number of ether oxygens (including phenoxy) is 1. The number of benzene rings is 1. The van der Waals surface area contributed by atoms with E-state index in [4.69, 9.17) is 4.74 Å². The molecule has 0 bridgehead atoms. The number of hydrogen-bond acceptors (Lipinski definition) is 3. The molecule has 1 aliphatic rings. The Kier molecular flexibility index (Phi) is 5.68. The second kappa shape index (κ2) is 7.86. The van der Waals surface area contributed by atoms with Crippen LogP contribution >= 0.6 is 0 Å². The van der Waals surface area contributed by atoms with Crippen molar-refractivity contribution in [2.75, 3.05) is 13.1 Å². The van der Waals surface area contributed by atoms with Gasteiger partial charge in [0.1, 0.15) is 11.3 Å². The lowest BCUT2D eigenvalue weighted by atomic mass is 10.0. The van der Waals surface area contributed by atoms with Crippen molar-refractivity contribution in [2.45, 2.75) is 65.5 Å². The Bertz CT molecular complexity index is 879. The van der Waals surface area contributed by atoms with Crippen LogP contribution in [0.5, 0.6) is 0 Å². The lowest BCUT2D eigenvalue weighted by Gasteiger charge is -2.35. The first-order chi connectivity index (χ1) is 13.1. The second-order valence-corrected chi connectivity index (χ2v) is 8.76. The number of aromatic nitrogens is 1. The Hall–Kier alpha value is -2.50. The molecule has 6 nitrogen and oxygen atoms in total. The summed E-state index contributed by atoms with van der Waals surface area (Å²) in [7, 11) is 0. The summed E-state index contributed by atoms with van der Waals surface area (Å²) >= 11 is 0. The molecule has 0 radical (unpaired) electrons. The molecule has 1 aromatic heterocycles. The lowest BCUT2D eigenvalue weighted by Crippen LogP contribution is -2.50. The minimum Gasteiger partial charge on any atom is -0.444 e. The van der Waals surface area contributed by atoms with Gasteiger partial charge in [-0.15, -0.1) is 0 Å². The van der Waals surface area contributed by atoms with Crippen LogP contribution in [-0.4, -0.2) is 46.6 Å². The number of amides is 2. The van der Waals surface area contributed by atoms with Crippen LogP contribution in [0, 0.1) is 13.8 Å². The fraction of sp³-hybridized carbons (Fsp3) is 0.545. The largest absolute Gasteiger partial charge is 0.444 e. The molecule has 0 aliphatic carbocycles. The third kappa shape index (κ3) is 4.66. The van der Waals surface area contributed by atoms with Gasteiger partial charge in [-0.25, -0.2) is 4.79 Å². The molecule has 0 saturated carbocycles. The van der Waals surface area contributed by atoms with E-state index in [0.29, 0.717) is 18.8 Å². The number of carbonyl (C=O) groups excluding carboxylic acids is 2. The molecule has 152 valence electrons. The summed E-state index contributed by atoms with van der Waals surface area (Å²) in [5.74, 6) is -0.0102. The van der Waals surface area contributed by atoms with Crippen molar-refractivity contribution in [1.82, 2.24) is 15.2 Å². The van der Waals surface area contributed by atoms with Gasteiger partial charge in [-0.1, -0.05) is 6.07 Å². The molecular weight excluding hydrogens is 354 g/mol. The summed E-state index contributed by atoms with van der Waals surface area (Å²) in [6.45, 7) is 10.7. The number of alkyl carbamates (subject to hydrolysis) is 1. The van der Waals surface area contributed by atoms with E-state index in [1.807, 2.05) is 31.7 Å². The van der Waals surface area contributed by atoms with E-state index in [9.17, 15) is 9.59 Å². The fourth-order valence-corrected chi connectivity index (χ4v) is 3.86. The number of likely N-dealkylation sites (tertiary alicyclic amines) is 1. The summed E-state index contributed by atoms with van der Waals surface area (Å²) < 4.78 is 5.31. The van der Waals surface area contributed by atoms with Crippen LogP contribution in [-0.2, 0) is 4.74 Å². The van der Waals surface area contributed by atoms with Crippen LogP contribution in [0.25, 0.3) is 10.9 Å². The quantitative estimate of drug-likeness (QED) is 0.827. The molecule has 1 atom stereocenters. The maximum atomic E-state index is 13.2. The molecule has 2 aromatic rings. The van der Waals surface area contributed by atoms with Gasteiger partial charge in [0.15, 0.2) is 0 Å². The normalized spacial score (nSPS) is 17.6. The van der Waals surface area contributed by atoms with Crippen LogP contribution in [0.2, 0.25) is 0 Å². The number of nitrogens with one attached hydrogen (secondary N) is 2. The highest BCUT2D eigenvalue weighted by molar-refractivity contribution is 5.99. The van der Waals surface area contributed by atoms with Gasteiger partial charge in [-0.3, -0.25) is 4.79 Å². The van der Waals surface area contributed by atoms with Gasteiger partial charge in [0, 0.05) is 30.0 Å². The SMILES string of the molecule is Cc1cc(C)c2cc(C(=O)N3CCCCC3CNC(=O)OC(C)(C)C)[nH]c2c1. The molecule has 3 rings (SSSR count). The highest BCUT2D eigenvalue weighted by atomic mass is 16.6. The zero-order valence-electron chi connectivity index (χ0n) is 17.5. The average molecular weight is 386 g/mol. The molecule has 1 saturated heterocycles. The van der Waals surface area contributed by atoms with Crippen molar-refractivity contribution < 1.29 is 14.3 Å². The van der Waals surface area contributed by atoms with E-state index >= 15 is 0 Å². The average Bonchev–Trinajstić information content (AvgIpc) is 3.02. The van der Waals surface area contributed by atoms with Gasteiger partial charge in [0.25, 0.3) is 5.91 Å². The topological polar surface area (TPSA) is 74.4 Å². The molecule has 28 heavy (non-hydrogen) atoms. The predicted octanol–water partition coefficient (Wildman–Crippen LogP) is 4.30. The zero-order valence-corrected chi connectivity index (χ0v) is 17.5. The molecule has 1 fully saturated rings. The third-order valence-electron chi connectivity index (χ3n) is 5.09. The molecule has 1 unspecified atom stereocenters. The van der Waals surface area contributed by atoms with Crippen molar-refractivity contribution in [3.63, 3.8) is 0 Å². The van der Waals surface area contributed by atoms with E-state index in [1.165, 1.54) is 5.56 Å². The van der Waals surface area contributed by atoms with Crippen molar-refractivity contribution in [3.05, 3.63) is 35.0 Å². The van der Waals surface area contributed by atoms with Crippen LogP contribution in [0.3, 0.4) is 0 Å². The summed E-state index contributed by atoms with van der Waals surface area (Å²) in [5, 5.41) is 3.90. The van der Waals surface area contributed by atoms with E-state index in [1.54, 1.807) is 0 Å². The maximum absolute atomic E-state index is 13.2. The van der Waals surface area contributed by atoms with Gasteiger partial charge in [0.05, 0.1) is 0 Å². The van der Waals surface area contributed by atoms with E-state index in [-0.39, 0.29) is 11.9 Å². The molecule has 1 aromatic carbocycles. The number of fused-ring (bicyclic) bond motifs is 1. The summed E-state index contributed by atoms with van der Waals surface area (Å²) in [6.07, 6.45) is 2.46. The third-order valence-corrected chi connectivity index (χ3v) is 5.09. The van der Waals surface area contributed by atoms with Crippen molar-refractivity contribution in [3.8, 4) is 0 Å². The number of hydrogen-bond donors (Lipinski definition) is 2. The van der Waals surface area contributed by atoms with Gasteiger partial charge in [-0.05, 0) is 77.1 Å². The number of rotatable bonds is 3. The van der Waals surface area contributed by atoms with Crippen LogP contribution in [0.15, 0.2) is 18.2 Å². The number of H-pyrrole nitrogens is 1. The van der Waals surface area contributed by atoms with Gasteiger partial charge in [0.2, 0.25) is 0 Å². The summed E-state index contributed by atoms with van der Waals surface area (Å²) in [4.78, 5) is 30.4. The van der Waals surface area contributed by atoms with E-state index in [0.717, 1.165) is 35.7 Å². The van der Waals surface area contributed by atoms with Gasteiger partial charge >= 0.3 is 6.09 Å². The predicted molar refractivity (Wildman–Crippen MR) is 111 cm³/mol. The summed E-state index contributed by atoms with van der Waals surface area (Å²) in [6, 6.07) is 6.11. The first-order valence-corrected chi connectivity index (χ1v) is 10.0. The number of carbonyl (C=O) groups is 2. The number of aromatic amines is 1. The molecule has 1 aliphatic heterocycles. The van der Waals surface area contributed by atoms with Crippen molar-refractivity contribution >= 4 is 22.9 Å². The minimum absolute atomic E-state index is 0.0102.